The predicted octanol–water partition coefficient (Wildman–Crippen LogP) is -2.31. The maximum atomic E-state index is 10.2. The maximum absolute atomic E-state index is 10.2. The Bertz CT molecular complexity index is 237. The Hall–Kier alpha value is 0.337. The molecule has 10 heavy (non-hydrogen) atoms. The van der Waals surface area contributed by atoms with Gasteiger partial charge in [-0.25, -0.2) is 4.98 Å². The van der Waals surface area contributed by atoms with Crippen molar-refractivity contribution in [2.45, 2.75) is 11.9 Å². The molecule has 1 atom stereocenters. The van der Waals surface area contributed by atoms with Crippen LogP contribution >= 0.6 is 11.3 Å². The molecule has 3 nitrogen and oxygen atoms in total. The van der Waals surface area contributed by atoms with Crippen LogP contribution in [0.3, 0.4) is 0 Å². The first-order valence-corrected chi connectivity index (χ1v) is 4.17. The summed E-state index contributed by atoms with van der Waals surface area (Å²) in [6, 6.07) is 0. The van der Waals surface area contributed by atoms with E-state index in [1.54, 1.807) is 6.92 Å². The summed E-state index contributed by atoms with van der Waals surface area (Å²) in [5.41, 5.74) is 0. The van der Waals surface area contributed by atoms with Gasteiger partial charge < -0.3 is 4.55 Å². The molecule has 0 bridgehead atoms. The molecule has 1 rings (SSSR count). The van der Waals surface area contributed by atoms with Crippen LogP contribution in [0, 0.1) is 6.92 Å². The van der Waals surface area contributed by atoms with E-state index in [9.17, 15) is 8.76 Å². The SMILES string of the molecule is Cc1nc(S(=O)[O-])cs1.[Li+]. The van der Waals surface area contributed by atoms with Crippen LogP contribution in [0.2, 0.25) is 0 Å². The van der Waals surface area contributed by atoms with Crippen molar-refractivity contribution in [3.8, 4) is 0 Å². The number of hydrogen-bond donors (Lipinski definition) is 0. The third-order valence-corrected chi connectivity index (χ3v) is 2.24. The Morgan fingerprint density at radius 2 is 2.40 bits per heavy atom. The molecule has 50 valence electrons. The van der Waals surface area contributed by atoms with Gasteiger partial charge in [-0.15, -0.1) is 11.3 Å². The fraction of sp³-hybridized carbons (Fsp3) is 0.250. The van der Waals surface area contributed by atoms with E-state index in [1.165, 1.54) is 16.7 Å². The Kier molecular flexibility index (Phi) is 4.41. The molecule has 1 aromatic rings. The summed E-state index contributed by atoms with van der Waals surface area (Å²) in [4.78, 5) is 3.72. The zero-order chi connectivity index (χ0) is 6.85. The maximum Gasteiger partial charge on any atom is 1.00 e. The fourth-order valence-corrected chi connectivity index (χ4v) is 1.62. The van der Waals surface area contributed by atoms with E-state index in [-0.39, 0.29) is 23.9 Å². The minimum atomic E-state index is -2.16. The molecule has 0 N–H and O–H groups in total. The molecule has 0 aliphatic rings. The quantitative estimate of drug-likeness (QED) is 0.351. The second kappa shape index (κ2) is 4.26. The average Bonchev–Trinajstić information content (AvgIpc) is 2.14. The van der Waals surface area contributed by atoms with E-state index in [0.717, 1.165) is 5.01 Å². The molecule has 0 saturated carbocycles. The minimum Gasteiger partial charge on any atom is -0.767 e. The summed E-state index contributed by atoms with van der Waals surface area (Å²) in [6.45, 7) is 1.76. The Balaban J connectivity index is 0.000000810. The molecule has 0 spiro atoms. The van der Waals surface area contributed by atoms with Gasteiger partial charge in [0, 0.05) is 5.38 Å². The Morgan fingerprint density at radius 3 is 2.60 bits per heavy atom. The molecular formula is C4H4LiNO2S2. The first kappa shape index (κ1) is 10.3. The van der Waals surface area contributed by atoms with Crippen molar-refractivity contribution in [1.29, 1.82) is 0 Å². The third kappa shape index (κ3) is 2.52. The molecular weight excluding hydrogens is 165 g/mol. The van der Waals surface area contributed by atoms with Gasteiger partial charge in [0.15, 0.2) is 0 Å². The van der Waals surface area contributed by atoms with Gasteiger partial charge in [-0.2, -0.15) is 0 Å². The molecule has 6 heteroatoms. The smallest absolute Gasteiger partial charge is 0.767 e. The van der Waals surface area contributed by atoms with Crippen molar-refractivity contribution in [2.75, 3.05) is 0 Å². The molecule has 0 fully saturated rings. The number of aryl methyl sites for hydroxylation is 1. The molecule has 0 aliphatic carbocycles. The molecule has 0 radical (unpaired) electrons. The summed E-state index contributed by atoms with van der Waals surface area (Å²) >= 11 is -0.830. The standard InChI is InChI=1S/C4H5NO2S2.Li/c1-3-5-4(2-8-3)9(6)7;/h2H,1H3,(H,6,7);/q;+1/p-1. The van der Waals surface area contributed by atoms with Crippen LogP contribution in [0.25, 0.3) is 0 Å². The van der Waals surface area contributed by atoms with Crippen LogP contribution in [0.1, 0.15) is 5.01 Å². The third-order valence-electron chi connectivity index (χ3n) is 0.769. The minimum absolute atomic E-state index is 0. The van der Waals surface area contributed by atoms with E-state index in [2.05, 4.69) is 4.98 Å². The summed E-state index contributed by atoms with van der Waals surface area (Å²) in [5.74, 6) is 0. The number of hydrogen-bond acceptors (Lipinski definition) is 4. The fourth-order valence-electron chi connectivity index (χ4n) is 0.420. The number of rotatable bonds is 1. The van der Waals surface area contributed by atoms with E-state index in [0.29, 0.717) is 0 Å². The molecule has 0 aromatic carbocycles. The average molecular weight is 169 g/mol. The zero-order valence-corrected chi connectivity index (χ0v) is 7.29. The van der Waals surface area contributed by atoms with Gasteiger partial charge in [0.2, 0.25) is 0 Å². The van der Waals surface area contributed by atoms with Crippen LogP contribution in [0.4, 0.5) is 0 Å². The van der Waals surface area contributed by atoms with Crippen LogP contribution in [-0.4, -0.2) is 13.7 Å². The Morgan fingerprint density at radius 1 is 1.80 bits per heavy atom. The van der Waals surface area contributed by atoms with Crippen LogP contribution in [0.5, 0.6) is 0 Å². The molecule has 1 unspecified atom stereocenters. The topological polar surface area (TPSA) is 53.0 Å². The van der Waals surface area contributed by atoms with E-state index < -0.39 is 11.1 Å². The Labute approximate surface area is 77.3 Å². The summed E-state index contributed by atoms with van der Waals surface area (Å²) in [6.07, 6.45) is 0. The van der Waals surface area contributed by atoms with Gasteiger partial charge in [-0.3, -0.25) is 4.21 Å². The first-order chi connectivity index (χ1) is 4.20. The van der Waals surface area contributed by atoms with Gasteiger partial charge >= 0.3 is 18.9 Å². The molecule has 0 saturated heterocycles. The number of aromatic nitrogens is 1. The normalized spacial score (nSPS) is 12.2. The summed E-state index contributed by atoms with van der Waals surface area (Å²) in [7, 11) is 0. The van der Waals surface area contributed by atoms with Crippen LogP contribution in [-0.2, 0) is 11.1 Å². The summed E-state index contributed by atoms with van der Waals surface area (Å²) < 4.78 is 20.3. The number of nitrogens with zero attached hydrogens (tertiary/aromatic N) is 1. The monoisotopic (exact) mass is 169 g/mol. The first-order valence-electron chi connectivity index (χ1n) is 2.21. The number of thiazole rings is 1. The van der Waals surface area contributed by atoms with Gasteiger partial charge in [0.1, 0.15) is 5.03 Å². The van der Waals surface area contributed by atoms with Crippen molar-refractivity contribution < 1.29 is 27.6 Å². The van der Waals surface area contributed by atoms with E-state index in [1.807, 2.05) is 0 Å². The summed E-state index contributed by atoms with van der Waals surface area (Å²) in [5, 5.41) is 2.42. The van der Waals surface area contributed by atoms with Gasteiger partial charge in [0.05, 0.1) is 5.01 Å². The molecule has 0 aliphatic heterocycles. The predicted molar refractivity (Wildman–Crippen MR) is 34.0 cm³/mol. The van der Waals surface area contributed by atoms with Crippen molar-refractivity contribution in [2.24, 2.45) is 0 Å². The second-order valence-electron chi connectivity index (χ2n) is 1.44. The van der Waals surface area contributed by atoms with Gasteiger partial charge in [-0.1, -0.05) is 0 Å². The van der Waals surface area contributed by atoms with E-state index >= 15 is 0 Å². The van der Waals surface area contributed by atoms with Crippen molar-refractivity contribution in [1.82, 2.24) is 4.98 Å². The zero-order valence-electron chi connectivity index (χ0n) is 5.66. The second-order valence-corrected chi connectivity index (χ2v) is 3.39. The molecule has 1 heterocycles. The largest absolute Gasteiger partial charge is 1.00 e. The van der Waals surface area contributed by atoms with Crippen molar-refractivity contribution >= 4 is 22.4 Å². The van der Waals surface area contributed by atoms with Crippen molar-refractivity contribution in [3.05, 3.63) is 10.4 Å². The van der Waals surface area contributed by atoms with Crippen LogP contribution < -0.4 is 18.9 Å². The van der Waals surface area contributed by atoms with Gasteiger partial charge in [0.25, 0.3) is 0 Å². The molecule has 0 amide bonds. The van der Waals surface area contributed by atoms with Crippen molar-refractivity contribution in [3.63, 3.8) is 0 Å². The van der Waals surface area contributed by atoms with Crippen LogP contribution in [0.15, 0.2) is 10.4 Å². The van der Waals surface area contributed by atoms with E-state index in [4.69, 9.17) is 0 Å². The molecule has 1 aromatic heterocycles. The van der Waals surface area contributed by atoms with Gasteiger partial charge in [-0.05, 0) is 18.0 Å².